The van der Waals surface area contributed by atoms with Crippen molar-refractivity contribution >= 4 is 10.8 Å². The molecular formula is C33H42N+. The molecule has 0 radical (unpaired) electrons. The lowest BCUT2D eigenvalue weighted by atomic mass is 9.83. The average Bonchev–Trinajstić information content (AvgIpc) is 3.63. The standard InChI is InChI=1S/C33H42N/c1-23-31(27-13-7-8-14-27)21-29(26-11-5-6-12-26)22-32(23)33-30-16-15-25(19-24-9-3-4-10-24)20-28(30)17-18-34(33)2/h15-18,20-22,24,26-27H,3-14,19H2,1-2H3/q+1. The minimum atomic E-state index is 0.762. The first kappa shape index (κ1) is 22.3. The molecular weight excluding hydrogens is 410 g/mol. The van der Waals surface area contributed by atoms with Gasteiger partial charge in [-0.15, -0.1) is 0 Å². The lowest BCUT2D eigenvalue weighted by Gasteiger charge is -2.21. The molecule has 6 rings (SSSR count). The first-order valence-corrected chi connectivity index (χ1v) is 14.2. The van der Waals surface area contributed by atoms with E-state index in [0.717, 1.165) is 17.8 Å². The highest BCUT2D eigenvalue weighted by Crippen LogP contribution is 2.43. The van der Waals surface area contributed by atoms with Crippen LogP contribution in [-0.4, -0.2) is 0 Å². The predicted octanol–water partition coefficient (Wildman–Crippen LogP) is 8.69. The molecule has 3 fully saturated rings. The van der Waals surface area contributed by atoms with Gasteiger partial charge < -0.3 is 0 Å². The van der Waals surface area contributed by atoms with Crippen molar-refractivity contribution in [1.82, 2.24) is 0 Å². The quantitative estimate of drug-likeness (QED) is 0.341. The van der Waals surface area contributed by atoms with E-state index in [2.05, 4.69) is 61.1 Å². The van der Waals surface area contributed by atoms with Gasteiger partial charge in [-0.1, -0.05) is 69.6 Å². The number of aryl methyl sites for hydroxylation is 1. The summed E-state index contributed by atoms with van der Waals surface area (Å²) in [4.78, 5) is 0. The van der Waals surface area contributed by atoms with Crippen molar-refractivity contribution in [2.24, 2.45) is 13.0 Å². The number of aromatic nitrogens is 1. The average molecular weight is 453 g/mol. The fraction of sp³-hybridized carbons (Fsp3) is 0.545. The number of hydrogen-bond donors (Lipinski definition) is 0. The van der Waals surface area contributed by atoms with Crippen LogP contribution in [0, 0.1) is 12.8 Å². The highest BCUT2D eigenvalue weighted by Gasteiger charge is 2.27. The molecule has 3 aromatic rings. The van der Waals surface area contributed by atoms with E-state index in [1.807, 2.05) is 0 Å². The molecule has 0 unspecified atom stereocenters. The first-order valence-electron chi connectivity index (χ1n) is 14.2. The van der Waals surface area contributed by atoms with Gasteiger partial charge in [-0.2, -0.15) is 0 Å². The van der Waals surface area contributed by atoms with Crippen molar-refractivity contribution in [1.29, 1.82) is 0 Å². The molecule has 1 heteroatoms. The molecule has 3 saturated carbocycles. The molecule has 1 heterocycles. The minimum absolute atomic E-state index is 0.762. The monoisotopic (exact) mass is 452 g/mol. The van der Waals surface area contributed by atoms with Crippen LogP contribution in [0.2, 0.25) is 0 Å². The molecule has 0 saturated heterocycles. The third kappa shape index (κ3) is 4.21. The summed E-state index contributed by atoms with van der Waals surface area (Å²) in [5.74, 6) is 2.42. The van der Waals surface area contributed by atoms with Crippen molar-refractivity contribution < 1.29 is 4.57 Å². The molecule has 0 atom stereocenters. The van der Waals surface area contributed by atoms with Crippen molar-refractivity contribution in [3.8, 4) is 11.3 Å². The van der Waals surface area contributed by atoms with Gasteiger partial charge in [0.1, 0.15) is 7.05 Å². The maximum Gasteiger partial charge on any atom is 0.220 e. The van der Waals surface area contributed by atoms with Crippen LogP contribution in [0.4, 0.5) is 0 Å². The lowest BCUT2D eigenvalue weighted by Crippen LogP contribution is -2.31. The lowest BCUT2D eigenvalue weighted by molar-refractivity contribution is -0.659. The first-order chi connectivity index (χ1) is 16.7. The molecule has 1 aromatic heterocycles. The fourth-order valence-electron chi connectivity index (χ4n) is 7.59. The summed E-state index contributed by atoms with van der Waals surface area (Å²) in [5.41, 5.74) is 9.25. The predicted molar refractivity (Wildman–Crippen MR) is 143 cm³/mol. The Morgan fingerprint density at radius 2 is 1.44 bits per heavy atom. The maximum absolute atomic E-state index is 2.63. The van der Waals surface area contributed by atoms with Crippen LogP contribution in [-0.2, 0) is 13.5 Å². The molecule has 178 valence electrons. The Morgan fingerprint density at radius 1 is 0.765 bits per heavy atom. The van der Waals surface area contributed by atoms with Gasteiger partial charge in [-0.25, -0.2) is 4.57 Å². The summed E-state index contributed by atoms with van der Waals surface area (Å²) in [7, 11) is 2.25. The van der Waals surface area contributed by atoms with Gasteiger partial charge in [0.2, 0.25) is 5.69 Å². The maximum atomic E-state index is 2.63. The Morgan fingerprint density at radius 3 is 2.18 bits per heavy atom. The Labute approximate surface area is 206 Å². The molecule has 3 aliphatic rings. The van der Waals surface area contributed by atoms with E-state index in [1.165, 1.54) is 117 Å². The molecule has 0 spiro atoms. The van der Waals surface area contributed by atoms with Gasteiger partial charge in [-0.05, 0) is 96.6 Å². The molecule has 1 nitrogen and oxygen atoms in total. The van der Waals surface area contributed by atoms with E-state index in [4.69, 9.17) is 0 Å². The van der Waals surface area contributed by atoms with Gasteiger partial charge in [0.25, 0.3) is 0 Å². The Bertz CT molecular complexity index is 1170. The van der Waals surface area contributed by atoms with Gasteiger partial charge in [0, 0.05) is 6.07 Å². The molecule has 3 aliphatic carbocycles. The molecule has 0 N–H and O–H groups in total. The molecule has 0 amide bonds. The third-order valence-corrected chi connectivity index (χ3v) is 9.55. The van der Waals surface area contributed by atoms with Crippen molar-refractivity contribution in [3.05, 3.63) is 64.8 Å². The summed E-state index contributed by atoms with van der Waals surface area (Å²) in [6, 6.07) is 14.9. The summed E-state index contributed by atoms with van der Waals surface area (Å²) < 4.78 is 2.39. The van der Waals surface area contributed by atoms with E-state index >= 15 is 0 Å². The normalized spacial score (nSPS) is 20.2. The summed E-state index contributed by atoms with van der Waals surface area (Å²) in [5, 5.41) is 2.83. The van der Waals surface area contributed by atoms with E-state index in [9.17, 15) is 0 Å². The Hall–Kier alpha value is -2.15. The van der Waals surface area contributed by atoms with Crippen LogP contribution in [0.3, 0.4) is 0 Å². The zero-order chi connectivity index (χ0) is 23.1. The van der Waals surface area contributed by atoms with Gasteiger partial charge in [-0.3, -0.25) is 0 Å². The van der Waals surface area contributed by atoms with Gasteiger partial charge >= 0.3 is 0 Å². The number of hydrogen-bond acceptors (Lipinski definition) is 0. The van der Waals surface area contributed by atoms with E-state index < -0.39 is 0 Å². The molecule has 0 bridgehead atoms. The zero-order valence-electron chi connectivity index (χ0n) is 21.4. The second-order valence-corrected chi connectivity index (χ2v) is 11.8. The second-order valence-electron chi connectivity index (χ2n) is 11.8. The van der Waals surface area contributed by atoms with Crippen molar-refractivity contribution in [2.75, 3.05) is 0 Å². The second kappa shape index (κ2) is 9.48. The van der Waals surface area contributed by atoms with Crippen LogP contribution >= 0.6 is 0 Å². The summed E-state index contributed by atoms with van der Waals surface area (Å²) >= 11 is 0. The van der Waals surface area contributed by atoms with Crippen LogP contribution in [0.15, 0.2) is 42.6 Å². The van der Waals surface area contributed by atoms with E-state index in [1.54, 1.807) is 11.1 Å². The van der Waals surface area contributed by atoms with Gasteiger partial charge in [0.05, 0.1) is 10.9 Å². The smallest absolute Gasteiger partial charge is 0.200 e. The number of rotatable bonds is 5. The van der Waals surface area contributed by atoms with E-state index in [0.29, 0.717) is 0 Å². The van der Waals surface area contributed by atoms with Crippen molar-refractivity contribution in [2.45, 2.75) is 102 Å². The number of nitrogens with zero attached hydrogens (tertiary/aromatic N) is 1. The fourth-order valence-corrected chi connectivity index (χ4v) is 7.59. The largest absolute Gasteiger partial charge is 0.220 e. The molecule has 34 heavy (non-hydrogen) atoms. The van der Waals surface area contributed by atoms with Crippen LogP contribution in [0.5, 0.6) is 0 Å². The van der Waals surface area contributed by atoms with Crippen LogP contribution in [0.25, 0.3) is 22.0 Å². The summed E-state index contributed by atoms with van der Waals surface area (Å²) in [6.45, 7) is 2.41. The van der Waals surface area contributed by atoms with Crippen molar-refractivity contribution in [3.63, 3.8) is 0 Å². The number of pyridine rings is 1. The zero-order valence-corrected chi connectivity index (χ0v) is 21.4. The molecule has 2 aromatic carbocycles. The van der Waals surface area contributed by atoms with Crippen LogP contribution in [0.1, 0.15) is 111 Å². The highest BCUT2D eigenvalue weighted by molar-refractivity contribution is 5.94. The Balaban J connectivity index is 1.47. The minimum Gasteiger partial charge on any atom is -0.200 e. The SMILES string of the molecule is Cc1c(-c2c3ccc(CC4CCCC4)cc3cc[n+]2C)cc(C2CCCC2)cc1C1CCCC1. The molecule has 0 aliphatic heterocycles. The Kier molecular flexibility index (Phi) is 6.22. The topological polar surface area (TPSA) is 3.88 Å². The van der Waals surface area contributed by atoms with Crippen LogP contribution < -0.4 is 4.57 Å². The summed E-state index contributed by atoms with van der Waals surface area (Å²) in [6.07, 6.45) is 20.4. The number of fused-ring (bicyclic) bond motifs is 1. The third-order valence-electron chi connectivity index (χ3n) is 9.55. The van der Waals surface area contributed by atoms with E-state index in [-0.39, 0.29) is 0 Å². The highest BCUT2D eigenvalue weighted by atomic mass is 14.9. The number of benzene rings is 2. The van der Waals surface area contributed by atoms with Gasteiger partial charge in [0.15, 0.2) is 6.20 Å².